The highest BCUT2D eigenvalue weighted by atomic mass is 19.4. The molecule has 8 aromatic rings. The molecule has 0 unspecified atom stereocenters. The lowest BCUT2D eigenvalue weighted by Crippen LogP contribution is -2.28. The molecule has 0 saturated heterocycles. The van der Waals surface area contributed by atoms with E-state index in [9.17, 15) is 49.1 Å². The Kier molecular flexibility index (Phi) is 11.2. The molecule has 2 atom stereocenters. The normalized spacial score (nSPS) is 13.7. The molecule has 2 N–H and O–H groups in total. The molecular weight excluding hydrogens is 884 g/mol. The molecule has 0 amide bonds. The fourth-order valence-electron chi connectivity index (χ4n) is 8.40. The van der Waals surface area contributed by atoms with Gasteiger partial charge in [-0.2, -0.15) is 49.7 Å². The number of fused-ring (bicyclic) bond motifs is 4. The smallest absolute Gasteiger partial charge is 0.362 e. The Labute approximate surface area is 368 Å². The Morgan fingerprint density at radius 3 is 1.77 bits per heavy atom. The van der Waals surface area contributed by atoms with E-state index in [0.29, 0.717) is 32.1 Å². The lowest BCUT2D eigenvalue weighted by Gasteiger charge is -2.20. The largest absolute Gasteiger partial charge is 0.416 e. The summed E-state index contributed by atoms with van der Waals surface area (Å²) >= 11 is 0. The van der Waals surface area contributed by atoms with Gasteiger partial charge in [-0.15, -0.1) is 10.2 Å². The molecule has 0 bridgehead atoms. The highest BCUT2D eigenvalue weighted by molar-refractivity contribution is 6.03. The maximum Gasteiger partial charge on any atom is 0.416 e. The van der Waals surface area contributed by atoms with Crippen molar-refractivity contribution < 1.29 is 39.5 Å². The maximum absolute atomic E-state index is 14.7. The lowest BCUT2D eigenvalue weighted by atomic mass is 9.96. The molecule has 12 nitrogen and oxygen atoms in total. The molecule has 4 aromatic carbocycles. The first-order chi connectivity index (χ1) is 30.8. The van der Waals surface area contributed by atoms with E-state index in [1.807, 2.05) is 19.9 Å². The highest BCUT2D eigenvalue weighted by Crippen LogP contribution is 2.38. The third-order valence-corrected chi connectivity index (χ3v) is 11.8. The van der Waals surface area contributed by atoms with Gasteiger partial charge in [0.1, 0.15) is 6.54 Å². The van der Waals surface area contributed by atoms with Crippen LogP contribution >= 0.6 is 0 Å². The van der Waals surface area contributed by atoms with Crippen LogP contribution in [0.2, 0.25) is 0 Å². The van der Waals surface area contributed by atoms with Crippen LogP contribution in [0.4, 0.5) is 51.1 Å². The van der Waals surface area contributed by atoms with Crippen LogP contribution in [0.15, 0.2) is 76.3 Å². The van der Waals surface area contributed by atoms with Gasteiger partial charge in [-0.3, -0.25) is 18.3 Å². The van der Waals surface area contributed by atoms with Crippen molar-refractivity contribution in [2.45, 2.75) is 84.2 Å². The summed E-state index contributed by atoms with van der Waals surface area (Å²) in [6.45, 7) is 7.03. The van der Waals surface area contributed by atoms with E-state index in [-0.39, 0.29) is 74.0 Å². The zero-order valence-electron chi connectivity index (χ0n) is 36.3. The number of aryl methyl sites for hydroxylation is 3. The molecule has 4 aromatic heterocycles. The number of rotatable bonds is 10. The summed E-state index contributed by atoms with van der Waals surface area (Å²) in [7, 11) is 2.93. The van der Waals surface area contributed by atoms with Crippen molar-refractivity contribution >= 4 is 55.2 Å². The van der Waals surface area contributed by atoms with Crippen LogP contribution in [0, 0.1) is 6.92 Å². The number of nitrogens with one attached hydrogen (secondary N) is 2. The van der Waals surface area contributed by atoms with Crippen LogP contribution in [0.3, 0.4) is 0 Å². The van der Waals surface area contributed by atoms with Crippen LogP contribution in [0.25, 0.3) is 43.6 Å². The van der Waals surface area contributed by atoms with E-state index < -0.39 is 54.0 Å². The van der Waals surface area contributed by atoms with Gasteiger partial charge < -0.3 is 10.6 Å². The third kappa shape index (κ3) is 8.41. The van der Waals surface area contributed by atoms with Crippen LogP contribution in [0.1, 0.15) is 85.0 Å². The topological polar surface area (TPSA) is 129 Å². The molecule has 346 valence electrons. The van der Waals surface area contributed by atoms with E-state index in [4.69, 9.17) is 0 Å². The number of alkyl halides is 9. The van der Waals surface area contributed by atoms with Gasteiger partial charge in [0, 0.05) is 48.1 Å². The Morgan fingerprint density at radius 1 is 0.591 bits per heavy atom. The molecule has 0 aliphatic carbocycles. The lowest BCUT2D eigenvalue weighted by molar-refractivity contribution is -0.140. The Hall–Kier alpha value is -6.93. The van der Waals surface area contributed by atoms with Crippen molar-refractivity contribution in [1.29, 1.82) is 0 Å². The molecule has 66 heavy (non-hydrogen) atoms. The quantitative estimate of drug-likeness (QED) is 0.130. The molecule has 0 fully saturated rings. The summed E-state index contributed by atoms with van der Waals surface area (Å²) in [6, 6.07) is 12.4. The van der Waals surface area contributed by atoms with Gasteiger partial charge in [0.2, 0.25) is 0 Å². The van der Waals surface area contributed by atoms with E-state index >= 15 is 0 Å². The number of hydrogen-bond acceptors (Lipinski definition) is 8. The molecule has 0 radical (unpaired) electrons. The number of nitrogens with zero attached hydrogens (tertiary/aromatic N) is 8. The van der Waals surface area contributed by atoms with Gasteiger partial charge in [-0.1, -0.05) is 18.2 Å². The van der Waals surface area contributed by atoms with Crippen molar-refractivity contribution in [3.63, 3.8) is 0 Å². The first-order valence-electron chi connectivity index (χ1n) is 20.5. The van der Waals surface area contributed by atoms with Gasteiger partial charge >= 0.3 is 29.9 Å². The first-order valence-corrected chi connectivity index (χ1v) is 20.5. The van der Waals surface area contributed by atoms with Crippen LogP contribution < -0.4 is 22.0 Å². The van der Waals surface area contributed by atoms with Crippen molar-refractivity contribution in [3.8, 4) is 0 Å². The van der Waals surface area contributed by atoms with Crippen LogP contribution in [-0.2, 0) is 39.4 Å². The summed E-state index contributed by atoms with van der Waals surface area (Å²) in [4.78, 5) is 26.4. The number of anilines is 2. The molecule has 0 saturated carbocycles. The summed E-state index contributed by atoms with van der Waals surface area (Å²) < 4.78 is 131. The molecule has 0 aliphatic heterocycles. The zero-order chi connectivity index (χ0) is 47.9. The fourth-order valence-corrected chi connectivity index (χ4v) is 8.40. The Morgan fingerprint density at radius 2 is 1.14 bits per heavy atom. The predicted octanol–water partition coefficient (Wildman–Crippen LogP) is 10.3. The van der Waals surface area contributed by atoms with E-state index in [1.165, 1.54) is 48.9 Å². The standard InChI is InChI=1S/C45H41F9N10O2/c1-21(2)64-38-19-32-30(16-36(38)62(7)42(64)66)24(5)57-59-39(32)56-23(4)27-11-25(12-29(15-27)45(52,53)54)13-34-31-17-35-37(63(20-43(46,47)48)41(65)61(35)6)18-33(31)40(60-58-34)55-22(3)26-9-8-10-28(14-26)44(49,50)51/h8-12,14-19,21-23H,13,20H2,1-7H3,(H,55,60)(H,56,59)/t22-,23-/m1/s1. The minimum atomic E-state index is -4.81. The van der Waals surface area contributed by atoms with Crippen molar-refractivity contribution in [1.82, 2.24) is 38.7 Å². The predicted molar refractivity (Wildman–Crippen MR) is 231 cm³/mol. The second-order valence-electron chi connectivity index (χ2n) is 16.7. The third-order valence-electron chi connectivity index (χ3n) is 11.8. The molecule has 21 heteroatoms. The average molecular weight is 925 g/mol. The van der Waals surface area contributed by atoms with Gasteiger partial charge in [-0.25, -0.2) is 9.59 Å². The highest BCUT2D eigenvalue weighted by Gasteiger charge is 2.34. The zero-order valence-corrected chi connectivity index (χ0v) is 36.3. The molecule has 0 spiro atoms. The van der Waals surface area contributed by atoms with Crippen molar-refractivity contribution in [3.05, 3.63) is 127 Å². The van der Waals surface area contributed by atoms with E-state index in [0.717, 1.165) is 28.8 Å². The first kappa shape index (κ1) is 45.6. The number of benzene rings is 4. The second-order valence-corrected chi connectivity index (χ2v) is 16.7. The number of hydrogen-bond donors (Lipinski definition) is 2. The molecule has 0 aliphatic rings. The molecule has 8 rings (SSSR count). The average Bonchev–Trinajstić information content (AvgIpc) is 3.62. The van der Waals surface area contributed by atoms with Crippen LogP contribution in [0.5, 0.6) is 0 Å². The Bertz CT molecular complexity index is 3340. The number of halogens is 9. The van der Waals surface area contributed by atoms with E-state index in [1.54, 1.807) is 31.5 Å². The minimum absolute atomic E-state index is 0.0510. The van der Waals surface area contributed by atoms with Crippen LogP contribution in [-0.4, -0.2) is 44.8 Å². The molecular formula is C45H41F9N10O2. The summed E-state index contributed by atoms with van der Waals surface area (Å²) in [5.74, 6) is 0.185. The number of aromatic nitrogens is 8. The monoisotopic (exact) mass is 924 g/mol. The minimum Gasteiger partial charge on any atom is -0.362 e. The van der Waals surface area contributed by atoms with Gasteiger partial charge in [0.05, 0.1) is 56.7 Å². The second kappa shape index (κ2) is 16.2. The maximum atomic E-state index is 14.7. The van der Waals surface area contributed by atoms with Crippen molar-refractivity contribution in [2.75, 3.05) is 10.6 Å². The fraction of sp³-hybridized carbons (Fsp3) is 0.333. The number of imidazole rings is 2. The molecule has 4 heterocycles. The van der Waals surface area contributed by atoms with E-state index in [2.05, 4.69) is 31.0 Å². The summed E-state index contributed by atoms with van der Waals surface area (Å²) in [5, 5.41) is 25.0. The van der Waals surface area contributed by atoms with Crippen molar-refractivity contribution in [2.24, 2.45) is 14.1 Å². The summed E-state index contributed by atoms with van der Waals surface area (Å²) in [6.07, 6.45) is -14.5. The van der Waals surface area contributed by atoms with Gasteiger partial charge in [-0.05, 0) is 99.8 Å². The summed E-state index contributed by atoms with van der Waals surface area (Å²) in [5.41, 5.74) is -0.792. The Balaban J connectivity index is 1.23. The van der Waals surface area contributed by atoms with Gasteiger partial charge in [0.15, 0.2) is 11.6 Å². The SMILES string of the molecule is Cc1nnc(N[C@H](C)c2cc(Cc3nnc(N[C@H](C)c4cccc(C(F)(F)F)c4)c4cc5c(cc34)n(C)c(=O)n5CC(F)(F)F)cc(C(F)(F)F)c2)c2cc3c(cc12)n(C)c(=O)n3C(C)C. The van der Waals surface area contributed by atoms with Gasteiger partial charge in [0.25, 0.3) is 0 Å².